The summed E-state index contributed by atoms with van der Waals surface area (Å²) in [5.41, 5.74) is -1.41. The number of rotatable bonds is 8. The molecule has 0 saturated carbocycles. The number of carboxylic acid groups (broad SMARTS) is 1. The van der Waals surface area contributed by atoms with Crippen LogP contribution >= 0.6 is 0 Å². The lowest BCUT2D eigenvalue weighted by Crippen LogP contribution is -2.36. The van der Waals surface area contributed by atoms with E-state index in [0.29, 0.717) is 12.8 Å². The Morgan fingerprint density at radius 2 is 1.61 bits per heavy atom. The molecule has 0 spiro atoms. The molecule has 0 atom stereocenters. The first-order valence-electron chi connectivity index (χ1n) is 5.60. The molecule has 0 aliphatic heterocycles. The van der Waals surface area contributed by atoms with Crippen molar-refractivity contribution in [1.82, 2.24) is 0 Å². The van der Waals surface area contributed by atoms with Gasteiger partial charge in [-0.3, -0.25) is 14.1 Å². The van der Waals surface area contributed by atoms with E-state index in [0.717, 1.165) is 0 Å². The molecule has 0 aromatic carbocycles. The Hall–Kier alpha value is -1.15. The van der Waals surface area contributed by atoms with Crippen LogP contribution in [0.25, 0.3) is 0 Å². The Morgan fingerprint density at radius 1 is 1.17 bits per heavy atom. The number of carbonyl (C=O) groups is 2. The molecule has 0 aliphatic carbocycles. The summed E-state index contributed by atoms with van der Waals surface area (Å²) >= 11 is 0. The number of carboxylic acids is 1. The van der Waals surface area contributed by atoms with Gasteiger partial charge >= 0.3 is 22.3 Å². The van der Waals surface area contributed by atoms with Crippen LogP contribution in [-0.2, 0) is 24.2 Å². The van der Waals surface area contributed by atoms with Gasteiger partial charge in [0.1, 0.15) is 0 Å². The van der Waals surface area contributed by atoms with Crippen LogP contribution in [0.4, 0.5) is 0 Å². The molecule has 0 unspecified atom stereocenters. The first kappa shape index (κ1) is 16.9. The van der Waals surface area contributed by atoms with Crippen LogP contribution in [0.15, 0.2) is 0 Å². The minimum atomic E-state index is -4.92. The lowest BCUT2D eigenvalue weighted by Gasteiger charge is -2.28. The lowest BCUT2D eigenvalue weighted by atomic mass is 9.76. The molecule has 18 heavy (non-hydrogen) atoms. The lowest BCUT2D eigenvalue weighted by molar-refractivity contribution is -0.154. The quantitative estimate of drug-likeness (QED) is 0.646. The van der Waals surface area contributed by atoms with E-state index in [1.807, 2.05) is 0 Å². The summed E-state index contributed by atoms with van der Waals surface area (Å²) in [4.78, 5) is 22.6. The molecule has 0 rings (SSSR count). The van der Waals surface area contributed by atoms with Crippen LogP contribution < -0.4 is 0 Å². The minimum absolute atomic E-state index is 0.182. The first-order valence-corrected chi connectivity index (χ1v) is 6.96. The maximum atomic E-state index is 11.8. The monoisotopic (exact) mass is 282 g/mol. The standard InChI is InChI=1S/C10H18O7S/c1-3-5-10(6-4-2,7-8(11)12)9(13)17-18(14,15)16/h3-7H2,1-2H3,(H,11,12)(H,14,15,16). The molecular weight excluding hydrogens is 264 g/mol. The fraction of sp³-hybridized carbons (Fsp3) is 0.800. The Morgan fingerprint density at radius 3 is 1.89 bits per heavy atom. The first-order chi connectivity index (χ1) is 8.17. The van der Waals surface area contributed by atoms with E-state index in [-0.39, 0.29) is 12.8 Å². The Balaban J connectivity index is 5.25. The van der Waals surface area contributed by atoms with Crippen molar-refractivity contribution in [2.24, 2.45) is 5.41 Å². The average Bonchev–Trinajstić information content (AvgIpc) is 2.14. The van der Waals surface area contributed by atoms with Crippen molar-refractivity contribution in [2.45, 2.75) is 46.0 Å². The van der Waals surface area contributed by atoms with Crippen molar-refractivity contribution in [1.29, 1.82) is 0 Å². The molecular formula is C10H18O7S. The van der Waals surface area contributed by atoms with Gasteiger partial charge in [-0.25, -0.2) is 0 Å². The summed E-state index contributed by atoms with van der Waals surface area (Å²) < 4.78 is 33.5. The zero-order valence-corrected chi connectivity index (χ0v) is 11.2. The Labute approximate surface area is 106 Å². The van der Waals surface area contributed by atoms with Gasteiger partial charge in [-0.1, -0.05) is 26.7 Å². The van der Waals surface area contributed by atoms with Gasteiger partial charge in [-0.05, 0) is 12.8 Å². The maximum Gasteiger partial charge on any atom is 0.448 e. The van der Waals surface area contributed by atoms with Crippen LogP contribution in [0.2, 0.25) is 0 Å². The van der Waals surface area contributed by atoms with Crippen molar-refractivity contribution in [3.05, 3.63) is 0 Å². The van der Waals surface area contributed by atoms with Crippen LogP contribution in [0.1, 0.15) is 46.0 Å². The zero-order chi connectivity index (χ0) is 14.4. The predicted molar refractivity (Wildman–Crippen MR) is 62.1 cm³/mol. The van der Waals surface area contributed by atoms with Gasteiger partial charge in [-0.15, -0.1) is 0 Å². The number of hydrogen-bond donors (Lipinski definition) is 2. The second kappa shape index (κ2) is 6.69. The van der Waals surface area contributed by atoms with Crippen LogP contribution in [0.3, 0.4) is 0 Å². The molecule has 8 heteroatoms. The summed E-state index contributed by atoms with van der Waals surface area (Å²) in [6, 6.07) is 0. The third-order valence-electron chi connectivity index (χ3n) is 2.56. The molecule has 0 aromatic heterocycles. The zero-order valence-electron chi connectivity index (χ0n) is 10.4. The molecule has 0 amide bonds. The largest absolute Gasteiger partial charge is 0.481 e. The number of hydrogen-bond acceptors (Lipinski definition) is 5. The summed E-state index contributed by atoms with van der Waals surface area (Å²) in [6.07, 6.45) is 0.827. The van der Waals surface area contributed by atoms with E-state index in [2.05, 4.69) is 4.18 Å². The van der Waals surface area contributed by atoms with Gasteiger partial charge in [0.25, 0.3) is 0 Å². The second-order valence-electron chi connectivity index (χ2n) is 4.15. The highest BCUT2D eigenvalue weighted by Crippen LogP contribution is 2.35. The third kappa shape index (κ3) is 5.46. The normalized spacial score (nSPS) is 12.2. The van der Waals surface area contributed by atoms with Gasteiger partial charge in [0.2, 0.25) is 0 Å². The Kier molecular flexibility index (Phi) is 6.27. The smallest absolute Gasteiger partial charge is 0.448 e. The number of aliphatic carboxylic acids is 1. The van der Waals surface area contributed by atoms with Crippen molar-refractivity contribution in [3.8, 4) is 0 Å². The summed E-state index contributed by atoms with van der Waals surface area (Å²) in [6.45, 7) is 3.49. The van der Waals surface area contributed by atoms with Crippen molar-refractivity contribution < 1.29 is 31.8 Å². The van der Waals surface area contributed by atoms with E-state index in [1.54, 1.807) is 13.8 Å². The SMILES string of the molecule is CCCC(CCC)(CC(=O)O)C(=O)OS(=O)(=O)O. The topological polar surface area (TPSA) is 118 Å². The fourth-order valence-corrected chi connectivity index (χ4v) is 2.38. The molecule has 0 saturated heterocycles. The van der Waals surface area contributed by atoms with E-state index in [1.165, 1.54) is 0 Å². The molecule has 0 fully saturated rings. The van der Waals surface area contributed by atoms with E-state index >= 15 is 0 Å². The second-order valence-corrected chi connectivity index (χ2v) is 5.17. The highest BCUT2D eigenvalue weighted by molar-refractivity contribution is 7.81. The molecule has 0 bridgehead atoms. The highest BCUT2D eigenvalue weighted by Gasteiger charge is 2.42. The minimum Gasteiger partial charge on any atom is -0.481 e. The molecule has 0 aromatic rings. The Bertz CT molecular complexity index is 392. The van der Waals surface area contributed by atoms with Gasteiger partial charge in [0, 0.05) is 0 Å². The fourth-order valence-electron chi connectivity index (χ4n) is 2.01. The van der Waals surface area contributed by atoms with E-state index < -0.39 is 34.2 Å². The van der Waals surface area contributed by atoms with Crippen LogP contribution in [-0.4, -0.2) is 30.0 Å². The summed E-state index contributed by atoms with van der Waals surface area (Å²) in [5.74, 6) is -2.43. The third-order valence-corrected chi connectivity index (χ3v) is 2.92. The van der Waals surface area contributed by atoms with E-state index in [4.69, 9.17) is 9.66 Å². The van der Waals surface area contributed by atoms with Crippen molar-refractivity contribution in [2.75, 3.05) is 0 Å². The molecule has 0 heterocycles. The molecule has 2 N–H and O–H groups in total. The average molecular weight is 282 g/mol. The molecule has 0 radical (unpaired) electrons. The number of carbonyl (C=O) groups excluding carboxylic acids is 1. The van der Waals surface area contributed by atoms with Gasteiger partial charge in [0.15, 0.2) is 0 Å². The van der Waals surface area contributed by atoms with Crippen LogP contribution in [0.5, 0.6) is 0 Å². The van der Waals surface area contributed by atoms with Gasteiger partial charge in [-0.2, -0.15) is 8.42 Å². The summed E-state index contributed by atoms with van der Waals surface area (Å²) in [7, 11) is -4.92. The highest BCUT2D eigenvalue weighted by atomic mass is 32.3. The molecule has 106 valence electrons. The van der Waals surface area contributed by atoms with E-state index in [9.17, 15) is 18.0 Å². The van der Waals surface area contributed by atoms with Gasteiger partial charge < -0.3 is 9.29 Å². The maximum absolute atomic E-state index is 11.8. The predicted octanol–water partition coefficient (Wildman–Crippen LogP) is 1.39. The van der Waals surface area contributed by atoms with Crippen molar-refractivity contribution in [3.63, 3.8) is 0 Å². The molecule has 7 nitrogen and oxygen atoms in total. The van der Waals surface area contributed by atoms with Crippen molar-refractivity contribution >= 4 is 22.3 Å². The molecule has 0 aliphatic rings. The van der Waals surface area contributed by atoms with Gasteiger partial charge in [0.05, 0.1) is 11.8 Å². The summed E-state index contributed by atoms with van der Waals surface area (Å²) in [5, 5.41) is 8.83. The van der Waals surface area contributed by atoms with Crippen LogP contribution in [0, 0.1) is 5.41 Å².